The predicted molar refractivity (Wildman–Crippen MR) is 109 cm³/mol. The van der Waals surface area contributed by atoms with E-state index in [4.69, 9.17) is 15.2 Å². The van der Waals surface area contributed by atoms with Crippen molar-refractivity contribution in [2.45, 2.75) is 12.5 Å². The van der Waals surface area contributed by atoms with Gasteiger partial charge in [0.2, 0.25) is 5.95 Å². The molecule has 30 heavy (non-hydrogen) atoms. The van der Waals surface area contributed by atoms with E-state index >= 15 is 0 Å². The van der Waals surface area contributed by atoms with Crippen LogP contribution in [0.4, 0.5) is 5.95 Å². The Hall–Kier alpha value is -3.63. The normalized spacial score (nSPS) is 13.3. The van der Waals surface area contributed by atoms with Crippen molar-refractivity contribution in [1.29, 1.82) is 0 Å². The van der Waals surface area contributed by atoms with E-state index in [1.165, 1.54) is 0 Å². The smallest absolute Gasteiger partial charge is 0.303 e. The number of nitrogens with zero attached hydrogens (tertiary/aromatic N) is 6. The van der Waals surface area contributed by atoms with Gasteiger partial charge in [0.1, 0.15) is 18.0 Å². The van der Waals surface area contributed by atoms with Crippen molar-refractivity contribution in [3.63, 3.8) is 0 Å². The highest BCUT2D eigenvalue weighted by atomic mass is 16.5. The Kier molecular flexibility index (Phi) is 5.25. The first kappa shape index (κ1) is 19.7. The first-order chi connectivity index (χ1) is 14.5. The fourth-order valence-corrected chi connectivity index (χ4v) is 3.06. The molecule has 3 heterocycles. The van der Waals surface area contributed by atoms with Gasteiger partial charge in [-0.25, -0.2) is 19.5 Å². The summed E-state index contributed by atoms with van der Waals surface area (Å²) in [5.41, 5.74) is 6.30. The molecule has 154 valence electrons. The van der Waals surface area contributed by atoms with E-state index in [1.807, 2.05) is 0 Å². The van der Waals surface area contributed by atoms with Gasteiger partial charge in [0.05, 0.1) is 17.6 Å². The minimum Gasteiger partial charge on any atom is -0.462 e. The van der Waals surface area contributed by atoms with Crippen LogP contribution in [0.15, 0.2) is 48.9 Å². The Morgan fingerprint density at radius 1 is 1.07 bits per heavy atom. The molecule has 0 amide bonds. The summed E-state index contributed by atoms with van der Waals surface area (Å²) in [5.74, 6) is 0.904. The number of nitrogen functional groups attached to an aromatic ring is 1. The Bertz CT molecular complexity index is 1160. The lowest BCUT2D eigenvalue weighted by atomic mass is 9.94. The zero-order valence-corrected chi connectivity index (χ0v) is 16.6. The molecule has 10 heteroatoms. The molecule has 0 radical (unpaired) electrons. The van der Waals surface area contributed by atoms with Gasteiger partial charge in [0, 0.05) is 31.8 Å². The highest BCUT2D eigenvalue weighted by molar-refractivity contribution is 5.80. The molecule has 0 saturated heterocycles. The fourth-order valence-electron chi connectivity index (χ4n) is 3.06. The zero-order valence-electron chi connectivity index (χ0n) is 16.6. The molecule has 0 aliphatic carbocycles. The van der Waals surface area contributed by atoms with Crippen molar-refractivity contribution in [3.8, 4) is 11.8 Å². The maximum atomic E-state index is 11.2. The van der Waals surface area contributed by atoms with Crippen molar-refractivity contribution in [2.24, 2.45) is 0 Å². The first-order valence-electron chi connectivity index (χ1n) is 9.24. The largest absolute Gasteiger partial charge is 0.462 e. The van der Waals surface area contributed by atoms with Crippen LogP contribution in [0.1, 0.15) is 18.3 Å². The van der Waals surface area contributed by atoms with Crippen molar-refractivity contribution < 1.29 is 14.6 Å². The second kappa shape index (κ2) is 8.01. The van der Waals surface area contributed by atoms with Gasteiger partial charge in [0.25, 0.3) is 0 Å². The Labute approximate surface area is 172 Å². The number of methoxy groups -OCH3 is 1. The van der Waals surface area contributed by atoms with Crippen molar-refractivity contribution in [3.05, 3.63) is 60.3 Å². The summed E-state index contributed by atoms with van der Waals surface area (Å²) in [6.45, 7) is 2.35. The number of anilines is 1. The summed E-state index contributed by atoms with van der Waals surface area (Å²) in [6.07, 6.45) is 4.73. The van der Waals surface area contributed by atoms with Crippen LogP contribution < -0.4 is 10.5 Å². The lowest BCUT2D eigenvalue weighted by Gasteiger charge is -2.22. The molecular formula is C20H21N7O3. The Balaban J connectivity index is 1.87. The molecule has 4 aromatic rings. The number of aliphatic hydroxyl groups is 1. The number of imidazole rings is 1. The first-order valence-corrected chi connectivity index (χ1v) is 9.24. The van der Waals surface area contributed by atoms with Crippen molar-refractivity contribution in [2.75, 3.05) is 26.1 Å². The maximum absolute atomic E-state index is 11.2. The Morgan fingerprint density at radius 2 is 1.87 bits per heavy atom. The summed E-state index contributed by atoms with van der Waals surface area (Å²) in [4.78, 5) is 21.2. The molecule has 1 aromatic carbocycles. The van der Waals surface area contributed by atoms with Crippen LogP contribution >= 0.6 is 0 Å². The minimum absolute atomic E-state index is 0.123. The van der Waals surface area contributed by atoms with Crippen LogP contribution in [0, 0.1) is 0 Å². The minimum atomic E-state index is -1.41. The number of rotatable bonds is 7. The molecule has 0 bridgehead atoms. The van der Waals surface area contributed by atoms with Gasteiger partial charge in [-0.05, 0) is 30.7 Å². The van der Waals surface area contributed by atoms with Crippen LogP contribution in [0.5, 0.6) is 6.01 Å². The average Bonchev–Trinajstić information content (AvgIpc) is 3.12. The quantitative estimate of drug-likeness (QED) is 0.437. The number of hydrogen-bond acceptors (Lipinski definition) is 9. The Morgan fingerprint density at radius 3 is 2.60 bits per heavy atom. The van der Waals surface area contributed by atoms with Crippen LogP contribution in [0.25, 0.3) is 16.9 Å². The van der Waals surface area contributed by atoms with Crippen LogP contribution in [0.2, 0.25) is 0 Å². The summed E-state index contributed by atoms with van der Waals surface area (Å²) in [6, 6.07) is 9.11. The number of fused-ring (bicyclic) bond motifs is 1. The highest BCUT2D eigenvalue weighted by Crippen LogP contribution is 2.32. The molecule has 3 N–H and O–H groups in total. The van der Waals surface area contributed by atoms with E-state index in [1.54, 1.807) is 67.5 Å². The third kappa shape index (κ3) is 3.65. The van der Waals surface area contributed by atoms with Gasteiger partial charge in [-0.3, -0.25) is 0 Å². The number of hydrogen-bond donors (Lipinski definition) is 2. The second-order valence-corrected chi connectivity index (χ2v) is 6.69. The standard InChI is InChI=1S/C20H21N7O3/c1-20(28,17-22-7-3-8-23-17)13-4-5-14-15(12-13)27(16-6-9-24-18(21)26-16)19(25-14)30-11-10-29-2/h3-9,12,28H,10-11H2,1-2H3,(H2,21,24,26). The summed E-state index contributed by atoms with van der Waals surface area (Å²) in [7, 11) is 1.59. The molecule has 0 saturated carbocycles. The molecule has 0 fully saturated rings. The van der Waals surface area contributed by atoms with Gasteiger partial charge in [0.15, 0.2) is 5.82 Å². The molecule has 10 nitrogen and oxygen atoms in total. The fraction of sp³-hybridized carbons (Fsp3) is 0.250. The summed E-state index contributed by atoms with van der Waals surface area (Å²) >= 11 is 0. The van der Waals surface area contributed by atoms with Gasteiger partial charge >= 0.3 is 6.01 Å². The average molecular weight is 407 g/mol. The van der Waals surface area contributed by atoms with Crippen LogP contribution in [-0.4, -0.2) is 54.9 Å². The molecular weight excluding hydrogens is 386 g/mol. The number of aromatic nitrogens is 6. The molecule has 0 aliphatic rings. The molecule has 3 aromatic heterocycles. The van der Waals surface area contributed by atoms with E-state index in [-0.39, 0.29) is 5.95 Å². The third-order valence-electron chi connectivity index (χ3n) is 4.59. The van der Waals surface area contributed by atoms with Crippen LogP contribution in [0.3, 0.4) is 0 Å². The summed E-state index contributed by atoms with van der Waals surface area (Å²) in [5, 5.41) is 11.2. The lowest BCUT2D eigenvalue weighted by molar-refractivity contribution is 0.0922. The maximum Gasteiger partial charge on any atom is 0.303 e. The molecule has 0 aliphatic heterocycles. The van der Waals surface area contributed by atoms with Gasteiger partial charge < -0.3 is 20.3 Å². The topological polar surface area (TPSA) is 134 Å². The lowest BCUT2D eigenvalue weighted by Crippen LogP contribution is -2.25. The van der Waals surface area contributed by atoms with E-state index in [2.05, 4.69) is 24.9 Å². The SMILES string of the molecule is COCCOc1nc2ccc(C(C)(O)c3ncccn3)cc2n1-c1ccnc(N)n1. The predicted octanol–water partition coefficient (Wildman–Crippen LogP) is 1.47. The van der Waals surface area contributed by atoms with Crippen molar-refractivity contribution >= 4 is 17.0 Å². The summed E-state index contributed by atoms with van der Waals surface area (Å²) < 4.78 is 12.6. The highest BCUT2D eigenvalue weighted by Gasteiger charge is 2.30. The van der Waals surface area contributed by atoms with E-state index < -0.39 is 5.60 Å². The molecule has 1 unspecified atom stereocenters. The van der Waals surface area contributed by atoms with E-state index in [0.717, 1.165) is 0 Å². The van der Waals surface area contributed by atoms with E-state index in [9.17, 15) is 5.11 Å². The number of ether oxygens (including phenoxy) is 2. The third-order valence-corrected chi connectivity index (χ3v) is 4.59. The second-order valence-electron chi connectivity index (χ2n) is 6.69. The van der Waals surface area contributed by atoms with Gasteiger partial charge in [-0.15, -0.1) is 0 Å². The van der Waals surface area contributed by atoms with Gasteiger partial charge in [-0.2, -0.15) is 9.97 Å². The monoisotopic (exact) mass is 407 g/mol. The molecule has 4 rings (SSSR count). The molecule has 1 atom stereocenters. The number of benzene rings is 1. The van der Waals surface area contributed by atoms with E-state index in [0.29, 0.717) is 47.5 Å². The van der Waals surface area contributed by atoms with Gasteiger partial charge in [-0.1, -0.05) is 6.07 Å². The molecule has 0 spiro atoms. The van der Waals surface area contributed by atoms with Crippen LogP contribution in [-0.2, 0) is 10.3 Å². The number of nitrogens with two attached hydrogens (primary N) is 1. The van der Waals surface area contributed by atoms with Crippen molar-refractivity contribution in [1.82, 2.24) is 29.5 Å². The zero-order chi connectivity index (χ0) is 21.1.